The van der Waals surface area contributed by atoms with Gasteiger partial charge >= 0.3 is 0 Å². The lowest BCUT2D eigenvalue weighted by Gasteiger charge is -2.10. The van der Waals surface area contributed by atoms with Crippen molar-refractivity contribution < 1.29 is 9.59 Å². The van der Waals surface area contributed by atoms with E-state index in [0.29, 0.717) is 11.3 Å². The average molecular weight is 298 g/mol. The minimum Gasteiger partial charge on any atom is -0.366 e. The Kier molecular flexibility index (Phi) is 3.66. The summed E-state index contributed by atoms with van der Waals surface area (Å²) in [5.74, 6) is -0.502. The fourth-order valence-corrected chi connectivity index (χ4v) is 3.46. The monoisotopic (exact) mass is 298 g/mol. The first-order valence-electron chi connectivity index (χ1n) is 6.59. The molecule has 0 radical (unpaired) electrons. The highest BCUT2D eigenvalue weighted by atomic mass is 32.2. The Hall–Kier alpha value is -2.27. The third-order valence-electron chi connectivity index (χ3n) is 3.38. The second-order valence-electron chi connectivity index (χ2n) is 4.85. The number of anilines is 1. The number of fused-ring (bicyclic) bond motifs is 1. The third-order valence-corrected chi connectivity index (χ3v) is 4.69. The number of thioether (sulfide) groups is 1. The van der Waals surface area contributed by atoms with Crippen LogP contribution < -0.4 is 11.1 Å². The molecule has 0 fully saturated rings. The predicted octanol–water partition coefficient (Wildman–Crippen LogP) is 2.44. The first kappa shape index (κ1) is 13.7. The summed E-state index contributed by atoms with van der Waals surface area (Å²) in [4.78, 5) is 24.4. The van der Waals surface area contributed by atoms with Gasteiger partial charge in [0.1, 0.15) is 0 Å². The van der Waals surface area contributed by atoms with Gasteiger partial charge in [0.2, 0.25) is 11.8 Å². The molecule has 1 unspecified atom stereocenters. The number of benzene rings is 2. The number of primary amides is 1. The Balaban J connectivity index is 1.66. The molecule has 0 bridgehead atoms. The van der Waals surface area contributed by atoms with Crippen LogP contribution in [0.15, 0.2) is 53.4 Å². The van der Waals surface area contributed by atoms with Gasteiger partial charge in [-0.25, -0.2) is 0 Å². The Labute approximate surface area is 126 Å². The molecular weight excluding hydrogens is 284 g/mol. The summed E-state index contributed by atoms with van der Waals surface area (Å²) in [5, 5.41) is 2.76. The van der Waals surface area contributed by atoms with Crippen LogP contribution in [0.25, 0.3) is 0 Å². The molecule has 106 valence electrons. The molecule has 1 atom stereocenters. The molecule has 2 aromatic carbocycles. The first-order valence-corrected chi connectivity index (χ1v) is 7.47. The van der Waals surface area contributed by atoms with Gasteiger partial charge in [0.25, 0.3) is 0 Å². The van der Waals surface area contributed by atoms with Gasteiger partial charge in [-0.2, -0.15) is 0 Å². The second kappa shape index (κ2) is 5.61. The van der Waals surface area contributed by atoms with Crippen LogP contribution in [0.3, 0.4) is 0 Å². The van der Waals surface area contributed by atoms with E-state index in [9.17, 15) is 9.59 Å². The number of hydrogen-bond acceptors (Lipinski definition) is 3. The van der Waals surface area contributed by atoms with Crippen LogP contribution in [-0.4, -0.2) is 17.1 Å². The highest BCUT2D eigenvalue weighted by Crippen LogP contribution is 2.37. The van der Waals surface area contributed by atoms with Crippen molar-refractivity contribution >= 4 is 29.3 Å². The Morgan fingerprint density at radius 3 is 2.48 bits per heavy atom. The van der Waals surface area contributed by atoms with Crippen LogP contribution in [0.1, 0.15) is 15.9 Å². The Bertz CT molecular complexity index is 673. The fraction of sp³-hybridized carbons (Fsp3) is 0.125. The number of nitrogens with one attached hydrogen (secondary N) is 1. The van der Waals surface area contributed by atoms with Gasteiger partial charge in [-0.05, 0) is 42.3 Å². The summed E-state index contributed by atoms with van der Waals surface area (Å²) in [6.07, 6.45) is 0.742. The molecule has 0 spiro atoms. The molecular formula is C16H14N2O2S. The van der Waals surface area contributed by atoms with Gasteiger partial charge in [-0.3, -0.25) is 9.59 Å². The molecule has 1 aliphatic rings. The van der Waals surface area contributed by atoms with Gasteiger partial charge in [-0.1, -0.05) is 18.2 Å². The molecule has 1 aliphatic heterocycles. The van der Waals surface area contributed by atoms with Crippen LogP contribution in [0.5, 0.6) is 0 Å². The van der Waals surface area contributed by atoms with Crippen molar-refractivity contribution in [2.45, 2.75) is 16.6 Å². The SMILES string of the molecule is NC(=O)c1ccc(NC(=O)C2Cc3ccccc3S2)cc1. The van der Waals surface area contributed by atoms with Gasteiger partial charge in [0.05, 0.1) is 5.25 Å². The lowest BCUT2D eigenvalue weighted by molar-refractivity contribution is -0.115. The summed E-state index contributed by atoms with van der Waals surface area (Å²) in [6, 6.07) is 14.6. The summed E-state index contributed by atoms with van der Waals surface area (Å²) in [7, 11) is 0. The molecule has 0 saturated heterocycles. The zero-order valence-electron chi connectivity index (χ0n) is 11.2. The molecule has 2 amide bonds. The van der Waals surface area contributed by atoms with Crippen molar-refractivity contribution in [1.29, 1.82) is 0 Å². The summed E-state index contributed by atoms with van der Waals surface area (Å²) >= 11 is 1.59. The van der Waals surface area contributed by atoms with E-state index in [-0.39, 0.29) is 11.2 Å². The molecule has 0 aromatic heterocycles. The Morgan fingerprint density at radius 2 is 1.81 bits per heavy atom. The van der Waals surface area contributed by atoms with Crippen molar-refractivity contribution in [1.82, 2.24) is 0 Å². The highest BCUT2D eigenvalue weighted by molar-refractivity contribution is 8.01. The molecule has 0 aliphatic carbocycles. The maximum atomic E-state index is 12.3. The van der Waals surface area contributed by atoms with E-state index in [0.717, 1.165) is 6.42 Å². The van der Waals surface area contributed by atoms with E-state index in [1.165, 1.54) is 10.5 Å². The van der Waals surface area contributed by atoms with Crippen LogP contribution in [0.2, 0.25) is 0 Å². The van der Waals surface area contributed by atoms with E-state index in [1.807, 2.05) is 18.2 Å². The zero-order valence-corrected chi connectivity index (χ0v) is 12.0. The number of carbonyl (C=O) groups is 2. The maximum Gasteiger partial charge on any atom is 0.248 e. The summed E-state index contributed by atoms with van der Waals surface area (Å²) < 4.78 is 0. The van der Waals surface area contributed by atoms with Gasteiger partial charge < -0.3 is 11.1 Å². The normalized spacial score (nSPS) is 16.3. The molecule has 3 rings (SSSR count). The molecule has 5 heteroatoms. The van der Waals surface area contributed by atoms with Gasteiger partial charge in [-0.15, -0.1) is 11.8 Å². The van der Waals surface area contributed by atoms with E-state index >= 15 is 0 Å². The predicted molar refractivity (Wildman–Crippen MR) is 83.4 cm³/mol. The highest BCUT2D eigenvalue weighted by Gasteiger charge is 2.27. The second-order valence-corrected chi connectivity index (χ2v) is 6.09. The smallest absolute Gasteiger partial charge is 0.248 e. The van der Waals surface area contributed by atoms with Gasteiger partial charge in [0.15, 0.2) is 0 Å². The van der Waals surface area contributed by atoms with E-state index in [2.05, 4.69) is 11.4 Å². The molecule has 4 nitrogen and oxygen atoms in total. The molecule has 3 N–H and O–H groups in total. The number of rotatable bonds is 3. The summed E-state index contributed by atoms with van der Waals surface area (Å²) in [6.45, 7) is 0. The minimum absolute atomic E-state index is 0.0250. The van der Waals surface area contributed by atoms with Crippen molar-refractivity contribution in [3.63, 3.8) is 0 Å². The van der Waals surface area contributed by atoms with Crippen LogP contribution in [0.4, 0.5) is 5.69 Å². The lowest BCUT2D eigenvalue weighted by Crippen LogP contribution is -2.24. The molecule has 1 heterocycles. The third kappa shape index (κ3) is 2.92. The van der Waals surface area contributed by atoms with E-state index in [1.54, 1.807) is 36.0 Å². The minimum atomic E-state index is -0.477. The average Bonchev–Trinajstić information content (AvgIpc) is 2.92. The van der Waals surface area contributed by atoms with Gasteiger partial charge in [0, 0.05) is 16.1 Å². The summed E-state index contributed by atoms with van der Waals surface area (Å²) in [5.41, 5.74) is 7.49. The van der Waals surface area contributed by atoms with Crippen molar-refractivity contribution in [2.75, 3.05) is 5.32 Å². The zero-order chi connectivity index (χ0) is 14.8. The van der Waals surface area contributed by atoms with E-state index < -0.39 is 5.91 Å². The van der Waals surface area contributed by atoms with E-state index in [4.69, 9.17) is 5.73 Å². The number of hydrogen-bond donors (Lipinski definition) is 2. The molecule has 0 saturated carbocycles. The fourth-order valence-electron chi connectivity index (χ4n) is 2.27. The van der Waals surface area contributed by atoms with Crippen LogP contribution in [-0.2, 0) is 11.2 Å². The Morgan fingerprint density at radius 1 is 1.10 bits per heavy atom. The quantitative estimate of drug-likeness (QED) is 0.914. The molecule has 2 aromatic rings. The largest absolute Gasteiger partial charge is 0.366 e. The van der Waals surface area contributed by atoms with Crippen LogP contribution >= 0.6 is 11.8 Å². The lowest BCUT2D eigenvalue weighted by atomic mass is 10.1. The number of amides is 2. The maximum absolute atomic E-state index is 12.3. The van der Waals surface area contributed by atoms with Crippen LogP contribution in [0, 0.1) is 0 Å². The van der Waals surface area contributed by atoms with Crippen molar-refractivity contribution in [3.8, 4) is 0 Å². The van der Waals surface area contributed by atoms with Crippen molar-refractivity contribution in [2.24, 2.45) is 5.73 Å². The topological polar surface area (TPSA) is 72.2 Å². The number of nitrogens with two attached hydrogens (primary N) is 1. The first-order chi connectivity index (χ1) is 10.1. The van der Waals surface area contributed by atoms with Crippen molar-refractivity contribution in [3.05, 3.63) is 59.7 Å². The standard InChI is InChI=1S/C16H14N2O2S/c17-15(19)10-5-7-12(8-6-10)18-16(20)14-9-11-3-1-2-4-13(11)21-14/h1-8,14H,9H2,(H2,17,19)(H,18,20). The number of carbonyl (C=O) groups excluding carboxylic acids is 2. The molecule has 21 heavy (non-hydrogen) atoms.